The molecule has 0 aliphatic carbocycles. The molecule has 0 radical (unpaired) electrons. The molecule has 0 fully saturated rings. The van der Waals surface area contributed by atoms with E-state index in [1.54, 1.807) is 18.2 Å². The molecule has 1 amide bonds. The number of esters is 1. The molecule has 1 N–H and O–H groups in total. The number of cyclic esters (lactones) is 1. The molecule has 140 valence electrons. The molecule has 1 atom stereocenters. The minimum absolute atomic E-state index is 0.0433. The van der Waals surface area contributed by atoms with Gasteiger partial charge in [0.25, 0.3) is 0 Å². The lowest BCUT2D eigenvalue weighted by atomic mass is 10.0. The number of hydrogen-bond acceptors (Lipinski definition) is 7. The van der Waals surface area contributed by atoms with Crippen LogP contribution in [0.1, 0.15) is 28.4 Å². The SMILES string of the molecule is O=C(C[C@H]1OC(=O)c2ccccc21)Nc1nc(-c2ccc3c(c2)OCO3)cs1. The minimum atomic E-state index is -0.572. The number of anilines is 1. The van der Waals surface area contributed by atoms with Crippen LogP contribution in [-0.4, -0.2) is 23.7 Å². The quantitative estimate of drug-likeness (QED) is 0.678. The molecule has 3 heterocycles. The third-order valence-electron chi connectivity index (χ3n) is 4.57. The zero-order chi connectivity index (χ0) is 19.1. The Hall–Kier alpha value is -3.39. The molecule has 2 aliphatic heterocycles. The lowest BCUT2D eigenvalue weighted by molar-refractivity contribution is -0.118. The first-order valence-corrected chi connectivity index (χ1v) is 9.50. The van der Waals surface area contributed by atoms with Gasteiger partial charge in [-0.3, -0.25) is 4.79 Å². The highest BCUT2D eigenvalue weighted by Gasteiger charge is 2.32. The van der Waals surface area contributed by atoms with Crippen LogP contribution in [-0.2, 0) is 9.53 Å². The van der Waals surface area contributed by atoms with Gasteiger partial charge in [0.15, 0.2) is 16.6 Å². The number of thiazole rings is 1. The van der Waals surface area contributed by atoms with Crippen molar-refractivity contribution in [2.75, 3.05) is 12.1 Å². The Balaban J connectivity index is 1.27. The first-order chi connectivity index (χ1) is 13.7. The fourth-order valence-electron chi connectivity index (χ4n) is 3.23. The Morgan fingerprint density at radius 3 is 2.96 bits per heavy atom. The fraction of sp³-hybridized carbons (Fsp3) is 0.150. The van der Waals surface area contributed by atoms with Crippen molar-refractivity contribution in [3.8, 4) is 22.8 Å². The standard InChI is InChI=1S/C20H14N2O5S/c23-18(8-16-12-3-1-2-4-13(12)19(24)27-16)22-20-21-14(9-28-20)11-5-6-15-17(7-11)26-10-25-15/h1-7,9,16H,8,10H2,(H,21,22,23)/t16-/m1/s1. The van der Waals surface area contributed by atoms with E-state index < -0.39 is 12.1 Å². The van der Waals surface area contributed by atoms with Gasteiger partial charge in [-0.05, 0) is 24.3 Å². The second-order valence-corrected chi connectivity index (χ2v) is 7.20. The van der Waals surface area contributed by atoms with Gasteiger partial charge in [0.1, 0.15) is 6.10 Å². The molecule has 8 heteroatoms. The lowest BCUT2D eigenvalue weighted by Gasteiger charge is -2.09. The van der Waals surface area contributed by atoms with Crippen LogP contribution >= 0.6 is 11.3 Å². The van der Waals surface area contributed by atoms with E-state index in [1.165, 1.54) is 11.3 Å². The summed E-state index contributed by atoms with van der Waals surface area (Å²) in [6.07, 6.45) is -0.529. The highest BCUT2D eigenvalue weighted by atomic mass is 32.1. The van der Waals surface area contributed by atoms with Crippen LogP contribution in [0.3, 0.4) is 0 Å². The second kappa shape index (κ2) is 6.65. The van der Waals surface area contributed by atoms with Crippen molar-refractivity contribution >= 4 is 28.3 Å². The predicted molar refractivity (Wildman–Crippen MR) is 102 cm³/mol. The van der Waals surface area contributed by atoms with Crippen molar-refractivity contribution in [1.82, 2.24) is 4.98 Å². The van der Waals surface area contributed by atoms with Gasteiger partial charge in [-0.25, -0.2) is 9.78 Å². The molecule has 0 bridgehead atoms. The third-order valence-corrected chi connectivity index (χ3v) is 5.32. The Morgan fingerprint density at radius 2 is 2.04 bits per heavy atom. The van der Waals surface area contributed by atoms with Gasteiger partial charge in [-0.1, -0.05) is 18.2 Å². The Labute approximate surface area is 163 Å². The van der Waals surface area contributed by atoms with Crippen LogP contribution < -0.4 is 14.8 Å². The molecule has 28 heavy (non-hydrogen) atoms. The molecular formula is C20H14N2O5S. The van der Waals surface area contributed by atoms with Crippen molar-refractivity contribution in [3.05, 3.63) is 59.0 Å². The number of rotatable bonds is 4. The van der Waals surface area contributed by atoms with Crippen LogP contribution in [0.2, 0.25) is 0 Å². The van der Waals surface area contributed by atoms with E-state index in [2.05, 4.69) is 10.3 Å². The number of ether oxygens (including phenoxy) is 3. The number of fused-ring (bicyclic) bond motifs is 2. The molecule has 0 unspecified atom stereocenters. The molecule has 5 rings (SSSR count). The number of nitrogens with one attached hydrogen (secondary N) is 1. The Bertz CT molecular complexity index is 1090. The van der Waals surface area contributed by atoms with Crippen molar-refractivity contribution < 1.29 is 23.8 Å². The van der Waals surface area contributed by atoms with E-state index in [0.29, 0.717) is 22.2 Å². The zero-order valence-corrected chi connectivity index (χ0v) is 15.3. The number of hydrogen-bond donors (Lipinski definition) is 1. The summed E-state index contributed by atoms with van der Waals surface area (Å²) in [4.78, 5) is 28.7. The molecule has 0 spiro atoms. The molecule has 1 aromatic heterocycles. The average molecular weight is 394 g/mol. The number of carbonyl (C=O) groups is 2. The van der Waals surface area contributed by atoms with E-state index in [-0.39, 0.29) is 19.1 Å². The summed E-state index contributed by atoms with van der Waals surface area (Å²) in [5.74, 6) is 0.727. The van der Waals surface area contributed by atoms with Gasteiger partial charge in [-0.2, -0.15) is 0 Å². The zero-order valence-electron chi connectivity index (χ0n) is 14.5. The van der Waals surface area contributed by atoms with E-state index in [9.17, 15) is 9.59 Å². The molecule has 7 nitrogen and oxygen atoms in total. The van der Waals surface area contributed by atoms with Gasteiger partial charge >= 0.3 is 5.97 Å². The smallest absolute Gasteiger partial charge is 0.339 e. The number of aromatic nitrogens is 1. The largest absolute Gasteiger partial charge is 0.454 e. The van der Waals surface area contributed by atoms with E-state index in [4.69, 9.17) is 14.2 Å². The molecule has 0 saturated heterocycles. The number of amides is 1. The van der Waals surface area contributed by atoms with Crippen LogP contribution in [0.15, 0.2) is 47.8 Å². The van der Waals surface area contributed by atoms with Crippen LogP contribution in [0.5, 0.6) is 11.5 Å². The Morgan fingerprint density at radius 1 is 1.18 bits per heavy atom. The number of benzene rings is 2. The first kappa shape index (κ1) is 16.8. The summed E-state index contributed by atoms with van der Waals surface area (Å²) in [5.41, 5.74) is 2.86. The van der Waals surface area contributed by atoms with E-state index in [1.807, 2.05) is 29.6 Å². The first-order valence-electron chi connectivity index (χ1n) is 8.63. The molecule has 2 aliphatic rings. The van der Waals surface area contributed by atoms with Crippen molar-refractivity contribution in [2.24, 2.45) is 0 Å². The summed E-state index contributed by atoms with van der Waals surface area (Å²) in [5, 5.41) is 5.12. The van der Waals surface area contributed by atoms with E-state index in [0.717, 1.165) is 16.8 Å². The topological polar surface area (TPSA) is 86.8 Å². The van der Waals surface area contributed by atoms with Crippen LogP contribution in [0.4, 0.5) is 5.13 Å². The highest BCUT2D eigenvalue weighted by Crippen LogP contribution is 2.37. The highest BCUT2D eigenvalue weighted by molar-refractivity contribution is 7.14. The second-order valence-electron chi connectivity index (χ2n) is 6.34. The number of carbonyl (C=O) groups excluding carboxylic acids is 2. The fourth-order valence-corrected chi connectivity index (χ4v) is 3.97. The van der Waals surface area contributed by atoms with Gasteiger partial charge in [0.2, 0.25) is 12.7 Å². The van der Waals surface area contributed by atoms with Gasteiger partial charge in [0.05, 0.1) is 17.7 Å². The van der Waals surface area contributed by atoms with Gasteiger partial charge in [0, 0.05) is 16.5 Å². The maximum atomic E-state index is 12.4. The van der Waals surface area contributed by atoms with Gasteiger partial charge < -0.3 is 19.5 Å². The molecule has 3 aromatic rings. The van der Waals surface area contributed by atoms with Crippen LogP contribution in [0, 0.1) is 0 Å². The monoisotopic (exact) mass is 394 g/mol. The summed E-state index contributed by atoms with van der Waals surface area (Å²) >= 11 is 1.33. The average Bonchev–Trinajstić information content (AvgIpc) is 3.41. The van der Waals surface area contributed by atoms with Gasteiger partial charge in [-0.15, -0.1) is 11.3 Å². The van der Waals surface area contributed by atoms with Crippen molar-refractivity contribution in [3.63, 3.8) is 0 Å². The Kier molecular flexibility index (Phi) is 3.98. The van der Waals surface area contributed by atoms with Crippen LogP contribution in [0.25, 0.3) is 11.3 Å². The molecular weight excluding hydrogens is 380 g/mol. The van der Waals surface area contributed by atoms with Crippen molar-refractivity contribution in [2.45, 2.75) is 12.5 Å². The normalized spacial score (nSPS) is 16.6. The molecule has 2 aromatic carbocycles. The van der Waals surface area contributed by atoms with E-state index >= 15 is 0 Å². The predicted octanol–water partition coefficient (Wildman–Crippen LogP) is 3.78. The minimum Gasteiger partial charge on any atom is -0.454 e. The number of nitrogens with zero attached hydrogens (tertiary/aromatic N) is 1. The lowest BCUT2D eigenvalue weighted by Crippen LogP contribution is -2.15. The maximum Gasteiger partial charge on any atom is 0.339 e. The third kappa shape index (κ3) is 2.97. The molecule has 0 saturated carbocycles. The summed E-state index contributed by atoms with van der Waals surface area (Å²) in [6, 6.07) is 12.7. The summed E-state index contributed by atoms with van der Waals surface area (Å²) in [7, 11) is 0. The summed E-state index contributed by atoms with van der Waals surface area (Å²) < 4.78 is 16.0. The maximum absolute atomic E-state index is 12.4. The van der Waals surface area contributed by atoms with Crippen molar-refractivity contribution in [1.29, 1.82) is 0 Å². The summed E-state index contributed by atoms with van der Waals surface area (Å²) in [6.45, 7) is 0.214.